The van der Waals surface area contributed by atoms with E-state index in [1.807, 2.05) is 12.1 Å². The van der Waals surface area contributed by atoms with Gasteiger partial charge in [0, 0.05) is 0 Å². The average molecular weight is 192 g/mol. The van der Waals surface area contributed by atoms with Gasteiger partial charge >= 0.3 is 0 Å². The maximum absolute atomic E-state index is 9.27. The van der Waals surface area contributed by atoms with Gasteiger partial charge in [-0.2, -0.15) is 0 Å². The Morgan fingerprint density at radius 2 is 1.71 bits per heavy atom. The van der Waals surface area contributed by atoms with Crippen molar-refractivity contribution in [1.29, 1.82) is 0 Å². The van der Waals surface area contributed by atoms with E-state index in [9.17, 15) is 5.11 Å². The van der Waals surface area contributed by atoms with Crippen molar-refractivity contribution in [1.82, 2.24) is 0 Å². The molecule has 1 aromatic rings. The number of hydrogen-bond acceptors (Lipinski definition) is 1. The van der Waals surface area contributed by atoms with Crippen LogP contribution in [0.5, 0.6) is 0 Å². The highest BCUT2D eigenvalue weighted by atomic mass is 16.3. The lowest BCUT2D eigenvalue weighted by Gasteiger charge is -2.19. The van der Waals surface area contributed by atoms with Crippen LogP contribution in [0.2, 0.25) is 0 Å². The number of aliphatic hydroxyl groups excluding tert-OH is 1. The molecule has 0 unspecified atom stereocenters. The Kier molecular flexibility index (Phi) is 3.70. The molecule has 0 saturated carbocycles. The second-order valence-corrected chi connectivity index (χ2v) is 4.39. The predicted molar refractivity (Wildman–Crippen MR) is 60.5 cm³/mol. The van der Waals surface area contributed by atoms with E-state index in [2.05, 4.69) is 33.8 Å². The van der Waals surface area contributed by atoms with Crippen LogP contribution in [0.15, 0.2) is 18.2 Å². The van der Waals surface area contributed by atoms with E-state index in [4.69, 9.17) is 0 Å². The van der Waals surface area contributed by atoms with Crippen LogP contribution in [-0.2, 0) is 6.61 Å². The normalized spacial score (nSPS) is 11.4. The monoisotopic (exact) mass is 192 g/mol. The van der Waals surface area contributed by atoms with Gasteiger partial charge in [0.15, 0.2) is 0 Å². The van der Waals surface area contributed by atoms with E-state index >= 15 is 0 Å². The van der Waals surface area contributed by atoms with Crippen LogP contribution >= 0.6 is 0 Å². The summed E-state index contributed by atoms with van der Waals surface area (Å²) in [6, 6.07) is 6.22. The highest BCUT2D eigenvalue weighted by Crippen LogP contribution is 2.29. The average Bonchev–Trinajstić information content (AvgIpc) is 2.16. The molecule has 0 spiro atoms. The molecule has 14 heavy (non-hydrogen) atoms. The molecule has 1 rings (SSSR count). The largest absolute Gasteiger partial charge is 0.392 e. The lowest BCUT2D eigenvalue weighted by atomic mass is 9.87. The van der Waals surface area contributed by atoms with Crippen molar-refractivity contribution in [3.63, 3.8) is 0 Å². The maximum atomic E-state index is 9.27. The zero-order chi connectivity index (χ0) is 10.7. The van der Waals surface area contributed by atoms with Crippen molar-refractivity contribution in [3.8, 4) is 0 Å². The molecule has 78 valence electrons. The molecular formula is C13H20O. The van der Waals surface area contributed by atoms with Crippen LogP contribution in [0.4, 0.5) is 0 Å². The van der Waals surface area contributed by atoms with Crippen molar-refractivity contribution in [2.45, 2.75) is 46.1 Å². The van der Waals surface area contributed by atoms with Crippen molar-refractivity contribution in [2.75, 3.05) is 0 Å². The summed E-state index contributed by atoms with van der Waals surface area (Å²) in [5.74, 6) is 1.01. The first-order valence-corrected chi connectivity index (χ1v) is 5.30. The summed E-state index contributed by atoms with van der Waals surface area (Å²) in [5.41, 5.74) is 3.77. The van der Waals surface area contributed by atoms with Crippen LogP contribution in [-0.4, -0.2) is 5.11 Å². The zero-order valence-corrected chi connectivity index (χ0v) is 9.54. The third-order valence-corrected chi connectivity index (χ3v) is 2.60. The molecule has 0 radical (unpaired) electrons. The first-order chi connectivity index (χ1) is 6.57. The Balaban J connectivity index is 3.28. The molecule has 1 N–H and O–H groups in total. The lowest BCUT2D eigenvalue weighted by molar-refractivity contribution is 0.280. The van der Waals surface area contributed by atoms with E-state index in [1.54, 1.807) is 0 Å². The van der Waals surface area contributed by atoms with Gasteiger partial charge in [-0.1, -0.05) is 45.9 Å². The first kappa shape index (κ1) is 11.3. The van der Waals surface area contributed by atoms with E-state index in [1.165, 1.54) is 11.1 Å². The third kappa shape index (κ3) is 2.16. The molecule has 0 saturated heterocycles. The molecule has 0 aliphatic heterocycles. The number of hydrogen-bond donors (Lipinski definition) is 1. The first-order valence-electron chi connectivity index (χ1n) is 5.30. The van der Waals surface area contributed by atoms with Gasteiger partial charge in [0.05, 0.1) is 6.61 Å². The van der Waals surface area contributed by atoms with Crippen molar-refractivity contribution < 1.29 is 5.11 Å². The van der Waals surface area contributed by atoms with E-state index < -0.39 is 0 Å². The van der Waals surface area contributed by atoms with Gasteiger partial charge in [-0.25, -0.2) is 0 Å². The summed E-state index contributed by atoms with van der Waals surface area (Å²) >= 11 is 0. The second kappa shape index (κ2) is 4.61. The SMILES string of the molecule is CC(C)c1cccc(CO)c1C(C)C. The van der Waals surface area contributed by atoms with Gasteiger partial charge in [0.25, 0.3) is 0 Å². The molecule has 1 nitrogen and oxygen atoms in total. The number of benzene rings is 1. The van der Waals surface area contributed by atoms with Crippen molar-refractivity contribution in [3.05, 3.63) is 34.9 Å². The van der Waals surface area contributed by atoms with Gasteiger partial charge in [0.1, 0.15) is 0 Å². The minimum absolute atomic E-state index is 0.147. The summed E-state index contributed by atoms with van der Waals surface area (Å²) in [6.07, 6.45) is 0. The Labute approximate surface area is 86.8 Å². The van der Waals surface area contributed by atoms with Crippen molar-refractivity contribution in [2.24, 2.45) is 0 Å². The number of aliphatic hydroxyl groups is 1. The van der Waals surface area contributed by atoms with Crippen molar-refractivity contribution >= 4 is 0 Å². The third-order valence-electron chi connectivity index (χ3n) is 2.60. The summed E-state index contributed by atoms with van der Waals surface area (Å²) in [7, 11) is 0. The van der Waals surface area contributed by atoms with Gasteiger partial charge in [-0.3, -0.25) is 0 Å². The van der Waals surface area contributed by atoms with Gasteiger partial charge < -0.3 is 5.11 Å². The van der Waals surface area contributed by atoms with E-state index in [-0.39, 0.29) is 6.61 Å². The second-order valence-electron chi connectivity index (χ2n) is 4.39. The fraction of sp³-hybridized carbons (Fsp3) is 0.538. The molecule has 0 amide bonds. The zero-order valence-electron chi connectivity index (χ0n) is 9.54. The summed E-state index contributed by atoms with van der Waals surface area (Å²) in [5, 5.41) is 9.27. The fourth-order valence-electron chi connectivity index (χ4n) is 1.98. The fourth-order valence-corrected chi connectivity index (χ4v) is 1.98. The smallest absolute Gasteiger partial charge is 0.0684 e. The van der Waals surface area contributed by atoms with Gasteiger partial charge in [-0.05, 0) is 28.5 Å². The van der Waals surface area contributed by atoms with Gasteiger partial charge in [-0.15, -0.1) is 0 Å². The molecular weight excluding hydrogens is 172 g/mol. The van der Waals surface area contributed by atoms with Crippen LogP contribution in [0, 0.1) is 0 Å². The van der Waals surface area contributed by atoms with Crippen LogP contribution in [0.1, 0.15) is 56.2 Å². The summed E-state index contributed by atoms with van der Waals surface area (Å²) < 4.78 is 0. The predicted octanol–water partition coefficient (Wildman–Crippen LogP) is 3.43. The Morgan fingerprint density at radius 3 is 2.14 bits per heavy atom. The van der Waals surface area contributed by atoms with Crippen LogP contribution in [0.25, 0.3) is 0 Å². The number of rotatable bonds is 3. The highest BCUT2D eigenvalue weighted by molar-refractivity contribution is 5.39. The Bertz CT molecular complexity index is 300. The minimum Gasteiger partial charge on any atom is -0.392 e. The Morgan fingerprint density at radius 1 is 1.07 bits per heavy atom. The molecule has 0 heterocycles. The molecule has 1 aromatic carbocycles. The topological polar surface area (TPSA) is 20.2 Å². The molecule has 0 aliphatic rings. The standard InChI is InChI=1S/C13H20O/c1-9(2)12-7-5-6-11(8-14)13(12)10(3)4/h5-7,9-10,14H,8H2,1-4H3. The molecule has 0 aromatic heterocycles. The molecule has 0 bridgehead atoms. The molecule has 0 atom stereocenters. The van der Waals surface area contributed by atoms with Crippen LogP contribution in [0.3, 0.4) is 0 Å². The maximum Gasteiger partial charge on any atom is 0.0684 e. The summed E-state index contributed by atoms with van der Waals surface area (Å²) in [6.45, 7) is 8.90. The molecule has 0 fully saturated rings. The Hall–Kier alpha value is -0.820. The van der Waals surface area contributed by atoms with E-state index in [0.717, 1.165) is 5.56 Å². The molecule has 1 heteroatoms. The van der Waals surface area contributed by atoms with Crippen LogP contribution < -0.4 is 0 Å². The lowest BCUT2D eigenvalue weighted by Crippen LogP contribution is -2.03. The van der Waals surface area contributed by atoms with E-state index in [0.29, 0.717) is 11.8 Å². The summed E-state index contributed by atoms with van der Waals surface area (Å²) in [4.78, 5) is 0. The highest BCUT2D eigenvalue weighted by Gasteiger charge is 2.13. The minimum atomic E-state index is 0.147. The van der Waals surface area contributed by atoms with Gasteiger partial charge in [0.2, 0.25) is 0 Å². The quantitative estimate of drug-likeness (QED) is 0.778. The molecule has 0 aliphatic carbocycles.